The zero-order chi connectivity index (χ0) is 13.5. The van der Waals surface area contributed by atoms with Crippen molar-refractivity contribution in [2.75, 3.05) is 0 Å². The van der Waals surface area contributed by atoms with E-state index in [1.54, 1.807) is 6.92 Å². The fourth-order valence-corrected chi connectivity index (χ4v) is 3.34. The fourth-order valence-electron chi connectivity index (χ4n) is 2.96. The monoisotopic (exact) mass is 270 g/mol. The van der Waals surface area contributed by atoms with E-state index in [2.05, 4.69) is 0 Å². The van der Waals surface area contributed by atoms with Gasteiger partial charge in [0.15, 0.2) is 0 Å². The van der Waals surface area contributed by atoms with E-state index in [0.29, 0.717) is 18.4 Å². The lowest BCUT2D eigenvalue weighted by molar-refractivity contribution is -0.143. The Morgan fingerprint density at radius 2 is 1.94 bits per heavy atom. The molecule has 0 bridgehead atoms. The Balaban J connectivity index is 2.73. The molecule has 0 aliphatic heterocycles. The molecule has 1 aromatic carbocycles. The highest BCUT2D eigenvalue weighted by Crippen LogP contribution is 2.46. The number of halogens is 2. The lowest BCUT2D eigenvalue weighted by atomic mass is 9.76. The van der Waals surface area contributed by atoms with Crippen molar-refractivity contribution in [3.63, 3.8) is 0 Å². The first-order chi connectivity index (χ1) is 8.40. The van der Waals surface area contributed by atoms with E-state index >= 15 is 0 Å². The van der Waals surface area contributed by atoms with Crippen LogP contribution in [0.1, 0.15) is 42.4 Å². The average molecular weight is 271 g/mol. The number of aliphatic carboxylic acids is 1. The highest BCUT2D eigenvalue weighted by molar-refractivity contribution is 6.32. The summed E-state index contributed by atoms with van der Waals surface area (Å²) >= 11 is 6.05. The van der Waals surface area contributed by atoms with Gasteiger partial charge in [-0.1, -0.05) is 24.4 Å². The molecule has 0 aromatic heterocycles. The summed E-state index contributed by atoms with van der Waals surface area (Å²) in [7, 11) is 0. The van der Waals surface area contributed by atoms with Crippen molar-refractivity contribution in [2.45, 2.75) is 44.9 Å². The van der Waals surface area contributed by atoms with Gasteiger partial charge in [0, 0.05) is 0 Å². The van der Waals surface area contributed by atoms with Crippen LogP contribution in [0.5, 0.6) is 0 Å². The lowest BCUT2D eigenvalue weighted by Crippen LogP contribution is -2.34. The highest BCUT2D eigenvalue weighted by Gasteiger charge is 2.45. The molecule has 0 saturated heterocycles. The maximum Gasteiger partial charge on any atom is 0.314 e. The predicted octanol–water partition coefficient (Wildman–Crippen LogP) is 3.99. The Hall–Kier alpha value is -1.09. The van der Waals surface area contributed by atoms with Crippen molar-refractivity contribution in [2.24, 2.45) is 0 Å². The molecule has 0 heterocycles. The summed E-state index contributed by atoms with van der Waals surface area (Å²) in [5, 5.41) is 9.54. The third kappa shape index (κ3) is 1.81. The van der Waals surface area contributed by atoms with Crippen molar-refractivity contribution in [3.8, 4) is 0 Å². The third-order valence-electron chi connectivity index (χ3n) is 4.08. The maximum absolute atomic E-state index is 13.8. The molecule has 0 radical (unpaired) electrons. The van der Waals surface area contributed by atoms with E-state index in [-0.39, 0.29) is 5.02 Å². The predicted molar refractivity (Wildman–Crippen MR) is 68.7 cm³/mol. The summed E-state index contributed by atoms with van der Waals surface area (Å²) in [6, 6.07) is 1.37. The van der Waals surface area contributed by atoms with Crippen molar-refractivity contribution in [3.05, 3.63) is 33.6 Å². The Bertz CT molecular complexity index is 479. The molecular formula is C14H16ClFO2. The maximum atomic E-state index is 13.8. The van der Waals surface area contributed by atoms with Crippen molar-refractivity contribution < 1.29 is 14.3 Å². The molecule has 0 atom stereocenters. The molecular weight excluding hydrogens is 255 g/mol. The van der Waals surface area contributed by atoms with Crippen LogP contribution in [0.15, 0.2) is 6.07 Å². The standard InChI is InChI=1S/C14H16ClFO2/c1-8-7-10(16)12(15)11(9(8)2)14(13(17)18)5-3-4-6-14/h7H,3-6H2,1-2H3,(H,17,18). The van der Waals surface area contributed by atoms with Gasteiger partial charge in [-0.05, 0) is 49.4 Å². The van der Waals surface area contributed by atoms with Crippen LogP contribution in [0.4, 0.5) is 4.39 Å². The van der Waals surface area contributed by atoms with Gasteiger partial charge in [-0.2, -0.15) is 0 Å². The number of benzene rings is 1. The summed E-state index contributed by atoms with van der Waals surface area (Å²) in [5.41, 5.74) is 1.02. The van der Waals surface area contributed by atoms with E-state index in [1.165, 1.54) is 6.07 Å². The highest BCUT2D eigenvalue weighted by atomic mass is 35.5. The summed E-state index contributed by atoms with van der Waals surface area (Å²) in [5.74, 6) is -1.42. The van der Waals surface area contributed by atoms with Crippen LogP contribution in [-0.4, -0.2) is 11.1 Å². The van der Waals surface area contributed by atoms with Gasteiger partial charge >= 0.3 is 5.97 Å². The molecule has 1 N–H and O–H groups in total. The van der Waals surface area contributed by atoms with Gasteiger partial charge < -0.3 is 5.11 Å². The molecule has 1 saturated carbocycles. The minimum atomic E-state index is -1.01. The van der Waals surface area contributed by atoms with Gasteiger partial charge in [0.05, 0.1) is 10.4 Å². The average Bonchev–Trinajstić information content (AvgIpc) is 2.77. The van der Waals surface area contributed by atoms with Gasteiger partial charge in [-0.25, -0.2) is 4.39 Å². The number of carbonyl (C=O) groups is 1. The van der Waals surface area contributed by atoms with Gasteiger partial charge in [0.1, 0.15) is 5.82 Å². The second kappa shape index (κ2) is 4.54. The Morgan fingerprint density at radius 1 is 1.39 bits per heavy atom. The third-order valence-corrected chi connectivity index (χ3v) is 4.45. The molecule has 4 heteroatoms. The Kier molecular flexibility index (Phi) is 3.37. The molecule has 2 nitrogen and oxygen atoms in total. The molecule has 0 unspecified atom stereocenters. The van der Waals surface area contributed by atoms with Crippen molar-refractivity contribution in [1.29, 1.82) is 0 Å². The number of aryl methyl sites for hydroxylation is 1. The first kappa shape index (κ1) is 13.3. The molecule has 1 aliphatic carbocycles. The summed E-state index contributed by atoms with van der Waals surface area (Å²) in [6.07, 6.45) is 2.76. The van der Waals surface area contributed by atoms with Gasteiger partial charge in [-0.3, -0.25) is 4.79 Å². The van der Waals surface area contributed by atoms with Crippen LogP contribution in [-0.2, 0) is 10.2 Å². The van der Waals surface area contributed by atoms with E-state index in [0.717, 1.165) is 24.0 Å². The van der Waals surface area contributed by atoms with Crippen LogP contribution in [0.3, 0.4) is 0 Å². The smallest absolute Gasteiger partial charge is 0.314 e. The van der Waals surface area contributed by atoms with E-state index < -0.39 is 17.2 Å². The van der Waals surface area contributed by atoms with Crippen LogP contribution in [0.2, 0.25) is 5.02 Å². The summed E-state index contributed by atoms with van der Waals surface area (Å²) in [6.45, 7) is 3.60. The number of hydrogen-bond donors (Lipinski definition) is 1. The van der Waals surface area contributed by atoms with Gasteiger partial charge in [0.2, 0.25) is 0 Å². The van der Waals surface area contributed by atoms with Crippen LogP contribution >= 0.6 is 11.6 Å². The minimum Gasteiger partial charge on any atom is -0.481 e. The molecule has 1 aromatic rings. The minimum absolute atomic E-state index is 0.0256. The zero-order valence-electron chi connectivity index (χ0n) is 10.5. The number of rotatable bonds is 2. The first-order valence-electron chi connectivity index (χ1n) is 6.09. The van der Waals surface area contributed by atoms with Crippen molar-refractivity contribution in [1.82, 2.24) is 0 Å². The Labute approximate surface area is 111 Å². The van der Waals surface area contributed by atoms with E-state index in [4.69, 9.17) is 11.6 Å². The van der Waals surface area contributed by atoms with Crippen LogP contribution < -0.4 is 0 Å². The van der Waals surface area contributed by atoms with E-state index in [9.17, 15) is 14.3 Å². The van der Waals surface area contributed by atoms with Crippen LogP contribution in [0, 0.1) is 19.7 Å². The molecule has 98 valence electrons. The number of carboxylic acid groups (broad SMARTS) is 1. The second-order valence-corrected chi connectivity index (χ2v) is 5.46. The molecule has 1 fully saturated rings. The second-order valence-electron chi connectivity index (χ2n) is 5.08. The number of hydrogen-bond acceptors (Lipinski definition) is 1. The zero-order valence-corrected chi connectivity index (χ0v) is 11.3. The first-order valence-corrected chi connectivity index (χ1v) is 6.47. The molecule has 18 heavy (non-hydrogen) atoms. The SMILES string of the molecule is Cc1cc(F)c(Cl)c(C2(C(=O)O)CCCC2)c1C. The molecule has 0 spiro atoms. The molecule has 2 rings (SSSR count). The summed E-state index contributed by atoms with van der Waals surface area (Å²) < 4.78 is 13.8. The lowest BCUT2D eigenvalue weighted by Gasteiger charge is -2.28. The molecule has 1 aliphatic rings. The fraction of sp³-hybridized carbons (Fsp3) is 0.500. The van der Waals surface area contributed by atoms with Crippen molar-refractivity contribution >= 4 is 17.6 Å². The van der Waals surface area contributed by atoms with Gasteiger partial charge in [-0.15, -0.1) is 0 Å². The van der Waals surface area contributed by atoms with Crippen LogP contribution in [0.25, 0.3) is 0 Å². The largest absolute Gasteiger partial charge is 0.481 e. The molecule has 0 amide bonds. The Morgan fingerprint density at radius 3 is 2.44 bits per heavy atom. The van der Waals surface area contributed by atoms with E-state index in [1.807, 2.05) is 6.92 Å². The summed E-state index contributed by atoms with van der Waals surface area (Å²) in [4.78, 5) is 11.7. The quantitative estimate of drug-likeness (QED) is 0.882. The van der Waals surface area contributed by atoms with Gasteiger partial charge in [0.25, 0.3) is 0 Å². The normalized spacial score (nSPS) is 18.0. The topological polar surface area (TPSA) is 37.3 Å². The number of carboxylic acids is 1.